The maximum atomic E-state index is 12.4. The van der Waals surface area contributed by atoms with Crippen molar-refractivity contribution in [2.75, 3.05) is 39.4 Å². The molecular formula is C23H31N2O5+. The van der Waals surface area contributed by atoms with Crippen molar-refractivity contribution in [3.63, 3.8) is 0 Å². The summed E-state index contributed by atoms with van der Waals surface area (Å²) < 4.78 is 16.9. The Labute approximate surface area is 176 Å². The second kappa shape index (κ2) is 9.18. The summed E-state index contributed by atoms with van der Waals surface area (Å²) in [7, 11) is 0. The van der Waals surface area contributed by atoms with Gasteiger partial charge in [0.2, 0.25) is 0 Å². The highest BCUT2D eigenvalue weighted by molar-refractivity contribution is 5.86. The maximum Gasteiger partial charge on any atom is 0.339 e. The van der Waals surface area contributed by atoms with Gasteiger partial charge in [-0.1, -0.05) is 0 Å². The molecule has 1 aromatic heterocycles. The maximum absolute atomic E-state index is 12.4. The van der Waals surface area contributed by atoms with E-state index in [-0.39, 0.29) is 11.5 Å². The van der Waals surface area contributed by atoms with Crippen LogP contribution in [-0.4, -0.2) is 51.4 Å². The lowest BCUT2D eigenvalue weighted by molar-refractivity contribution is -0.908. The minimum atomic E-state index is -0.627. The molecule has 1 aromatic carbocycles. The van der Waals surface area contributed by atoms with Crippen LogP contribution in [0.2, 0.25) is 0 Å². The average Bonchev–Trinajstić information content (AvgIpc) is 3.25. The number of ether oxygens (including phenoxy) is 2. The van der Waals surface area contributed by atoms with Crippen LogP contribution in [0.1, 0.15) is 36.5 Å². The SMILES string of the molecule is Cc1c(O[C@@H](C)C(=O)NCCC[NH+]2CCOCC2)ccc2c3c(c(=O)oc12)CCC3. The van der Waals surface area contributed by atoms with Crippen LogP contribution in [0.5, 0.6) is 5.75 Å². The Balaban J connectivity index is 1.36. The molecule has 2 aliphatic rings. The molecule has 4 rings (SSSR count). The van der Waals surface area contributed by atoms with Crippen molar-refractivity contribution in [2.45, 2.75) is 45.6 Å². The largest absolute Gasteiger partial charge is 0.480 e. The first-order chi connectivity index (χ1) is 14.5. The van der Waals surface area contributed by atoms with E-state index < -0.39 is 6.10 Å². The molecule has 7 heteroatoms. The van der Waals surface area contributed by atoms with E-state index in [1.807, 2.05) is 19.1 Å². The van der Waals surface area contributed by atoms with Crippen LogP contribution in [0, 0.1) is 6.92 Å². The number of quaternary nitrogens is 1. The summed E-state index contributed by atoms with van der Waals surface area (Å²) in [5, 5.41) is 3.94. The number of hydrogen-bond donors (Lipinski definition) is 2. The highest BCUT2D eigenvalue weighted by atomic mass is 16.5. The van der Waals surface area contributed by atoms with Gasteiger partial charge >= 0.3 is 5.63 Å². The molecule has 1 saturated heterocycles. The lowest BCUT2D eigenvalue weighted by atomic mass is 10.0. The highest BCUT2D eigenvalue weighted by Gasteiger charge is 2.23. The summed E-state index contributed by atoms with van der Waals surface area (Å²) in [5.41, 5.74) is 2.99. The van der Waals surface area contributed by atoms with E-state index in [2.05, 4.69) is 5.32 Å². The van der Waals surface area contributed by atoms with Gasteiger partial charge in [0, 0.05) is 29.5 Å². The Hall–Kier alpha value is -2.38. The summed E-state index contributed by atoms with van der Waals surface area (Å²) in [4.78, 5) is 26.3. The van der Waals surface area contributed by atoms with Gasteiger partial charge in [0.25, 0.3) is 5.91 Å². The first kappa shape index (κ1) is 20.9. The molecule has 162 valence electrons. The van der Waals surface area contributed by atoms with Crippen molar-refractivity contribution < 1.29 is 23.6 Å². The number of carbonyl (C=O) groups excluding carboxylic acids is 1. The number of fused-ring (bicyclic) bond motifs is 3. The molecule has 1 aliphatic heterocycles. The lowest BCUT2D eigenvalue weighted by Gasteiger charge is -2.23. The zero-order valence-electron chi connectivity index (χ0n) is 17.8. The third-order valence-electron chi connectivity index (χ3n) is 6.22. The number of amides is 1. The molecule has 2 N–H and O–H groups in total. The van der Waals surface area contributed by atoms with Crippen LogP contribution in [0.15, 0.2) is 21.3 Å². The zero-order chi connectivity index (χ0) is 21.1. The van der Waals surface area contributed by atoms with Crippen molar-refractivity contribution in [2.24, 2.45) is 0 Å². The van der Waals surface area contributed by atoms with Gasteiger partial charge in [0.15, 0.2) is 6.10 Å². The van der Waals surface area contributed by atoms with Crippen LogP contribution in [0.25, 0.3) is 11.0 Å². The van der Waals surface area contributed by atoms with E-state index in [1.165, 1.54) is 4.90 Å². The van der Waals surface area contributed by atoms with E-state index >= 15 is 0 Å². The van der Waals surface area contributed by atoms with Crippen molar-refractivity contribution in [3.05, 3.63) is 39.2 Å². The number of aryl methyl sites for hydroxylation is 2. The van der Waals surface area contributed by atoms with E-state index in [1.54, 1.807) is 6.92 Å². The van der Waals surface area contributed by atoms with Gasteiger partial charge in [-0.2, -0.15) is 0 Å². The Morgan fingerprint density at radius 1 is 1.23 bits per heavy atom. The minimum Gasteiger partial charge on any atom is -0.480 e. The Bertz CT molecular complexity index is 978. The smallest absolute Gasteiger partial charge is 0.339 e. The van der Waals surface area contributed by atoms with E-state index in [0.29, 0.717) is 17.9 Å². The standard InChI is InChI=1S/C23H30N2O5/c1-15-20(8-7-18-17-5-3-6-19(17)23(27)30-21(15)18)29-16(2)22(26)24-9-4-10-25-11-13-28-14-12-25/h7-8,16H,3-6,9-14H2,1-2H3,(H,24,26)/p+1/t16-/m0/s1. The minimum absolute atomic E-state index is 0.137. The zero-order valence-corrected chi connectivity index (χ0v) is 17.8. The summed E-state index contributed by atoms with van der Waals surface area (Å²) in [6.07, 6.45) is 2.98. The van der Waals surface area contributed by atoms with Crippen molar-refractivity contribution in [1.82, 2.24) is 5.32 Å². The highest BCUT2D eigenvalue weighted by Crippen LogP contribution is 2.33. The van der Waals surface area contributed by atoms with Gasteiger partial charge in [0.1, 0.15) is 24.4 Å². The predicted molar refractivity (Wildman–Crippen MR) is 113 cm³/mol. The van der Waals surface area contributed by atoms with Crippen molar-refractivity contribution >= 4 is 16.9 Å². The fourth-order valence-corrected chi connectivity index (χ4v) is 4.44. The Morgan fingerprint density at radius 2 is 2.00 bits per heavy atom. The quantitative estimate of drug-likeness (QED) is 0.516. The molecule has 0 unspecified atom stereocenters. The van der Waals surface area contributed by atoms with Crippen molar-refractivity contribution in [1.29, 1.82) is 0 Å². The Morgan fingerprint density at radius 3 is 2.80 bits per heavy atom. The second-order valence-corrected chi connectivity index (χ2v) is 8.28. The molecule has 0 radical (unpaired) electrons. The molecule has 0 bridgehead atoms. The lowest BCUT2D eigenvalue weighted by Crippen LogP contribution is -3.14. The summed E-state index contributed by atoms with van der Waals surface area (Å²) in [6, 6.07) is 3.82. The monoisotopic (exact) mass is 415 g/mol. The van der Waals surface area contributed by atoms with Crippen LogP contribution in [0.4, 0.5) is 0 Å². The molecule has 1 atom stereocenters. The molecule has 0 spiro atoms. The van der Waals surface area contributed by atoms with Gasteiger partial charge in [-0.3, -0.25) is 4.79 Å². The van der Waals surface area contributed by atoms with Crippen molar-refractivity contribution in [3.8, 4) is 5.75 Å². The first-order valence-corrected chi connectivity index (χ1v) is 11.0. The number of morpholine rings is 1. The third kappa shape index (κ3) is 4.37. The summed E-state index contributed by atoms with van der Waals surface area (Å²) >= 11 is 0. The molecule has 0 saturated carbocycles. The predicted octanol–water partition coefficient (Wildman–Crippen LogP) is 0.779. The van der Waals surface area contributed by atoms with Crippen LogP contribution in [-0.2, 0) is 22.4 Å². The fraction of sp³-hybridized carbons (Fsp3) is 0.565. The summed E-state index contributed by atoms with van der Waals surface area (Å²) in [5.74, 6) is 0.436. The molecular weight excluding hydrogens is 384 g/mol. The topological polar surface area (TPSA) is 82.2 Å². The average molecular weight is 416 g/mol. The second-order valence-electron chi connectivity index (χ2n) is 8.28. The molecule has 30 heavy (non-hydrogen) atoms. The normalized spacial score (nSPS) is 17.7. The molecule has 1 fully saturated rings. The van der Waals surface area contributed by atoms with E-state index in [9.17, 15) is 9.59 Å². The van der Waals surface area contributed by atoms with Crippen LogP contribution < -0.4 is 20.6 Å². The third-order valence-corrected chi connectivity index (χ3v) is 6.22. The van der Waals surface area contributed by atoms with E-state index in [4.69, 9.17) is 13.9 Å². The molecule has 1 amide bonds. The number of nitrogens with one attached hydrogen (secondary N) is 2. The number of rotatable bonds is 7. The van der Waals surface area contributed by atoms with Gasteiger partial charge in [-0.25, -0.2) is 4.79 Å². The van der Waals surface area contributed by atoms with Gasteiger partial charge in [-0.05, 0) is 50.8 Å². The fourth-order valence-electron chi connectivity index (χ4n) is 4.44. The molecule has 2 aromatic rings. The number of hydrogen-bond acceptors (Lipinski definition) is 5. The molecule has 7 nitrogen and oxygen atoms in total. The number of carbonyl (C=O) groups is 1. The van der Waals surface area contributed by atoms with Gasteiger partial charge in [-0.15, -0.1) is 0 Å². The van der Waals surface area contributed by atoms with Gasteiger partial charge < -0.3 is 24.1 Å². The summed E-state index contributed by atoms with van der Waals surface area (Å²) in [6.45, 7) is 8.99. The van der Waals surface area contributed by atoms with E-state index in [0.717, 1.165) is 80.6 Å². The van der Waals surface area contributed by atoms with Crippen LogP contribution >= 0.6 is 0 Å². The Kier molecular flexibility index (Phi) is 6.39. The molecule has 2 heterocycles. The first-order valence-electron chi connectivity index (χ1n) is 11.0. The van der Waals surface area contributed by atoms with Crippen LogP contribution in [0.3, 0.4) is 0 Å². The molecule has 1 aliphatic carbocycles. The number of benzene rings is 1. The van der Waals surface area contributed by atoms with Gasteiger partial charge in [0.05, 0.1) is 19.8 Å².